The van der Waals surface area contributed by atoms with Crippen LogP contribution in [0.4, 0.5) is 0 Å². The Balaban J connectivity index is 2.15. The Bertz CT molecular complexity index is 676. The van der Waals surface area contributed by atoms with E-state index in [4.69, 9.17) is 39.5 Å². The van der Waals surface area contributed by atoms with Gasteiger partial charge in [-0.1, -0.05) is 46.9 Å². The van der Waals surface area contributed by atoms with Gasteiger partial charge in [0.15, 0.2) is 0 Å². The van der Waals surface area contributed by atoms with Crippen molar-refractivity contribution < 1.29 is 14.6 Å². The maximum atomic E-state index is 12.2. The average molecular weight is 361 g/mol. The lowest BCUT2D eigenvalue weighted by molar-refractivity contribution is 0.0948. The van der Waals surface area contributed by atoms with E-state index in [2.05, 4.69) is 5.32 Å². The summed E-state index contributed by atoms with van der Waals surface area (Å²) in [6.45, 7) is 0.253. The van der Waals surface area contributed by atoms with E-state index in [1.165, 1.54) is 6.07 Å². The number of amides is 1. The molecule has 0 aliphatic rings. The van der Waals surface area contributed by atoms with E-state index >= 15 is 0 Å². The summed E-state index contributed by atoms with van der Waals surface area (Å²) in [5.41, 5.74) is 0.713. The van der Waals surface area contributed by atoms with Gasteiger partial charge in [-0.15, -0.1) is 0 Å². The highest BCUT2D eigenvalue weighted by molar-refractivity contribution is 6.45. The van der Waals surface area contributed by atoms with Gasteiger partial charge in [0.05, 0.1) is 22.2 Å². The Labute approximate surface area is 142 Å². The van der Waals surface area contributed by atoms with E-state index in [1.807, 2.05) is 12.1 Å². The summed E-state index contributed by atoms with van der Waals surface area (Å²) in [6.07, 6.45) is 0. The highest BCUT2D eigenvalue weighted by atomic mass is 35.5. The summed E-state index contributed by atoms with van der Waals surface area (Å²) in [4.78, 5) is 12.2. The second-order valence-corrected chi connectivity index (χ2v) is 5.60. The second kappa shape index (κ2) is 7.09. The lowest BCUT2D eigenvalue weighted by Crippen LogP contribution is -2.23. The highest BCUT2D eigenvalue weighted by Crippen LogP contribution is 2.38. The molecule has 0 unspecified atom stereocenters. The third-order valence-electron chi connectivity index (χ3n) is 2.98. The number of hydrogen-bond acceptors (Lipinski definition) is 3. The van der Waals surface area contributed by atoms with E-state index in [9.17, 15) is 9.90 Å². The molecule has 4 nitrogen and oxygen atoms in total. The van der Waals surface area contributed by atoms with Gasteiger partial charge in [0.2, 0.25) is 0 Å². The van der Waals surface area contributed by atoms with Crippen LogP contribution in [-0.2, 0) is 6.54 Å². The second-order valence-electron chi connectivity index (χ2n) is 4.41. The molecule has 0 fully saturated rings. The molecule has 0 bridgehead atoms. The van der Waals surface area contributed by atoms with E-state index in [0.717, 1.165) is 11.3 Å². The molecule has 0 heterocycles. The molecule has 0 saturated heterocycles. The van der Waals surface area contributed by atoms with Crippen molar-refractivity contribution in [1.29, 1.82) is 0 Å². The van der Waals surface area contributed by atoms with Crippen LogP contribution in [-0.4, -0.2) is 18.1 Å². The van der Waals surface area contributed by atoms with Gasteiger partial charge in [-0.3, -0.25) is 4.79 Å². The van der Waals surface area contributed by atoms with Crippen molar-refractivity contribution in [3.05, 3.63) is 56.5 Å². The fourth-order valence-corrected chi connectivity index (χ4v) is 2.50. The predicted octanol–water partition coefficient (Wildman–Crippen LogP) is 4.29. The van der Waals surface area contributed by atoms with E-state index in [-0.39, 0.29) is 27.2 Å². The number of aromatic hydroxyl groups is 1. The molecule has 0 saturated carbocycles. The first kappa shape index (κ1) is 16.7. The van der Waals surface area contributed by atoms with Crippen LogP contribution in [0.2, 0.25) is 15.1 Å². The Kier molecular flexibility index (Phi) is 5.40. The van der Waals surface area contributed by atoms with Crippen molar-refractivity contribution in [3.8, 4) is 11.5 Å². The molecular formula is C15H12Cl3NO3. The summed E-state index contributed by atoms with van der Waals surface area (Å²) >= 11 is 17.6. The monoisotopic (exact) mass is 359 g/mol. The molecule has 0 spiro atoms. The maximum Gasteiger partial charge on any atom is 0.256 e. The summed E-state index contributed by atoms with van der Waals surface area (Å²) in [6, 6.07) is 8.46. The molecule has 0 atom stereocenters. The van der Waals surface area contributed by atoms with Crippen molar-refractivity contribution in [2.75, 3.05) is 7.11 Å². The van der Waals surface area contributed by atoms with Gasteiger partial charge >= 0.3 is 0 Å². The average Bonchev–Trinajstić information content (AvgIpc) is 2.51. The largest absolute Gasteiger partial charge is 0.505 e. The van der Waals surface area contributed by atoms with E-state index < -0.39 is 11.7 Å². The van der Waals surface area contributed by atoms with Gasteiger partial charge in [0.1, 0.15) is 17.1 Å². The smallest absolute Gasteiger partial charge is 0.256 e. The molecule has 0 aliphatic carbocycles. The van der Waals surface area contributed by atoms with Gasteiger partial charge in [0, 0.05) is 6.54 Å². The van der Waals surface area contributed by atoms with Crippen LogP contribution in [0.5, 0.6) is 11.5 Å². The number of benzene rings is 2. The summed E-state index contributed by atoms with van der Waals surface area (Å²) in [7, 11) is 1.57. The minimum Gasteiger partial charge on any atom is -0.505 e. The number of methoxy groups -OCH3 is 1. The number of ether oxygens (including phenoxy) is 1. The van der Waals surface area contributed by atoms with Gasteiger partial charge in [0.25, 0.3) is 5.91 Å². The molecule has 0 aliphatic heterocycles. The maximum absolute atomic E-state index is 12.2. The predicted molar refractivity (Wildman–Crippen MR) is 87.3 cm³/mol. The Morgan fingerprint density at radius 1 is 1.18 bits per heavy atom. The minimum absolute atomic E-state index is 0.0380. The lowest BCUT2D eigenvalue weighted by Gasteiger charge is -2.11. The van der Waals surface area contributed by atoms with Crippen LogP contribution < -0.4 is 10.1 Å². The molecule has 0 aromatic heterocycles. The summed E-state index contributed by atoms with van der Waals surface area (Å²) in [5, 5.41) is 12.5. The zero-order chi connectivity index (χ0) is 16.3. The lowest BCUT2D eigenvalue weighted by atomic mass is 10.1. The quantitative estimate of drug-likeness (QED) is 0.800. The van der Waals surface area contributed by atoms with Crippen LogP contribution in [0.1, 0.15) is 15.9 Å². The number of carbonyl (C=O) groups is 1. The van der Waals surface area contributed by atoms with Crippen molar-refractivity contribution >= 4 is 40.7 Å². The Morgan fingerprint density at radius 2 is 1.82 bits per heavy atom. The normalized spacial score (nSPS) is 10.4. The minimum atomic E-state index is -0.567. The topological polar surface area (TPSA) is 58.6 Å². The van der Waals surface area contributed by atoms with Crippen molar-refractivity contribution in [2.24, 2.45) is 0 Å². The van der Waals surface area contributed by atoms with Gasteiger partial charge in [-0.25, -0.2) is 0 Å². The molecule has 7 heteroatoms. The van der Waals surface area contributed by atoms with Crippen LogP contribution in [0.3, 0.4) is 0 Å². The van der Waals surface area contributed by atoms with E-state index in [0.29, 0.717) is 0 Å². The molecule has 2 N–H and O–H groups in total. The number of carbonyl (C=O) groups excluding carboxylic acids is 1. The van der Waals surface area contributed by atoms with Gasteiger partial charge in [-0.2, -0.15) is 0 Å². The fraction of sp³-hybridized carbons (Fsp3) is 0.133. The van der Waals surface area contributed by atoms with Crippen LogP contribution >= 0.6 is 34.8 Å². The zero-order valence-corrected chi connectivity index (χ0v) is 13.8. The SMILES string of the molecule is COc1ccc(CNC(=O)c2c(O)c(Cl)cc(Cl)c2Cl)cc1. The molecule has 1 amide bonds. The third-order valence-corrected chi connectivity index (χ3v) is 4.06. The molecule has 2 aromatic rings. The zero-order valence-electron chi connectivity index (χ0n) is 11.5. The molecule has 2 rings (SSSR count). The summed E-state index contributed by atoms with van der Waals surface area (Å²) < 4.78 is 5.05. The number of halogens is 3. The highest BCUT2D eigenvalue weighted by Gasteiger charge is 2.20. The number of phenolic OH excluding ortho intramolecular Hbond substituents is 1. The van der Waals surface area contributed by atoms with Crippen LogP contribution in [0, 0.1) is 0 Å². The number of nitrogens with one attached hydrogen (secondary N) is 1. The van der Waals surface area contributed by atoms with Crippen LogP contribution in [0.15, 0.2) is 30.3 Å². The fourth-order valence-electron chi connectivity index (χ4n) is 1.81. The van der Waals surface area contributed by atoms with Gasteiger partial charge < -0.3 is 15.2 Å². The Morgan fingerprint density at radius 3 is 2.41 bits per heavy atom. The number of hydrogen-bond donors (Lipinski definition) is 2. The first-order valence-electron chi connectivity index (χ1n) is 6.21. The van der Waals surface area contributed by atoms with Crippen molar-refractivity contribution in [3.63, 3.8) is 0 Å². The number of rotatable bonds is 4. The van der Waals surface area contributed by atoms with Crippen molar-refractivity contribution in [1.82, 2.24) is 5.32 Å². The molecule has 116 valence electrons. The number of phenols is 1. The van der Waals surface area contributed by atoms with Crippen molar-refractivity contribution in [2.45, 2.75) is 6.54 Å². The third kappa shape index (κ3) is 3.58. The standard InChI is InChI=1S/C15H12Cl3NO3/c1-22-9-4-2-8(3-5-9)7-19-15(21)12-13(18)10(16)6-11(17)14(12)20/h2-6,20H,7H2,1H3,(H,19,21). The Hall–Kier alpha value is -1.62. The molecule has 0 radical (unpaired) electrons. The van der Waals surface area contributed by atoms with Crippen LogP contribution in [0.25, 0.3) is 0 Å². The van der Waals surface area contributed by atoms with Gasteiger partial charge in [-0.05, 0) is 23.8 Å². The summed E-state index contributed by atoms with van der Waals surface area (Å²) in [5.74, 6) is -0.247. The first-order chi connectivity index (χ1) is 10.4. The molecular weight excluding hydrogens is 349 g/mol. The molecule has 22 heavy (non-hydrogen) atoms. The van der Waals surface area contributed by atoms with E-state index in [1.54, 1.807) is 19.2 Å². The molecule has 2 aromatic carbocycles. The first-order valence-corrected chi connectivity index (χ1v) is 7.35.